The Morgan fingerprint density at radius 3 is 2.56 bits per heavy atom. The van der Waals surface area contributed by atoms with E-state index in [0.717, 1.165) is 42.1 Å². The zero-order valence-electron chi connectivity index (χ0n) is 26.8. The van der Waals surface area contributed by atoms with Gasteiger partial charge in [0.15, 0.2) is 0 Å². The van der Waals surface area contributed by atoms with Gasteiger partial charge in [0.1, 0.15) is 17.6 Å². The van der Waals surface area contributed by atoms with Crippen molar-refractivity contribution in [2.45, 2.75) is 82.5 Å². The number of allylic oxidation sites excluding steroid dienone is 1. The van der Waals surface area contributed by atoms with Gasteiger partial charge < -0.3 is 24.4 Å². The van der Waals surface area contributed by atoms with Crippen LogP contribution in [-0.4, -0.2) is 71.3 Å². The topological polar surface area (TPSA) is 96.4 Å². The van der Waals surface area contributed by atoms with E-state index in [0.29, 0.717) is 32.2 Å². The van der Waals surface area contributed by atoms with Crippen LogP contribution in [0.3, 0.4) is 0 Å². The lowest BCUT2D eigenvalue weighted by molar-refractivity contribution is -0.161. The number of amides is 2. The molecule has 8 nitrogen and oxygen atoms in total. The normalized spacial score (nSPS) is 28.3. The summed E-state index contributed by atoms with van der Waals surface area (Å²) in [5.74, 6) is -2.52. The van der Waals surface area contributed by atoms with Gasteiger partial charge in [0, 0.05) is 25.4 Å². The van der Waals surface area contributed by atoms with Crippen LogP contribution >= 0.6 is 0 Å². The summed E-state index contributed by atoms with van der Waals surface area (Å²) in [7, 11) is 0. The van der Waals surface area contributed by atoms with Gasteiger partial charge in [0.2, 0.25) is 5.91 Å². The maximum atomic E-state index is 14.9. The van der Waals surface area contributed by atoms with Gasteiger partial charge >= 0.3 is 5.97 Å². The van der Waals surface area contributed by atoms with Gasteiger partial charge in [0.25, 0.3) is 5.91 Å². The lowest BCUT2D eigenvalue weighted by Crippen LogP contribution is -2.57. The molecule has 2 aromatic rings. The van der Waals surface area contributed by atoms with Crippen molar-refractivity contribution in [3.63, 3.8) is 0 Å². The molecule has 1 N–H and O–H groups in total. The Kier molecular flexibility index (Phi) is 10.1. The van der Waals surface area contributed by atoms with Crippen LogP contribution in [0.4, 0.5) is 5.69 Å². The Labute approximate surface area is 267 Å². The standard InChI is InChI=1S/C37H48N2O6/c1-5-7-8-15-23-44-35(43)31-30-33(41)39(21-13-9-10-14-22-40)32(37(30)25-26(3)36(31,4)45-37)34(42)38(20-6-2)29-19-18-27-16-11-12-17-28(27)24-29/h5-6,11-12,16-19,24,26,30-32,40H,1-2,7-10,13-15,20-23,25H2,3-4H3/t26?,30-,31+,32?,36-,37?/m0/s1. The predicted molar refractivity (Wildman–Crippen MR) is 176 cm³/mol. The van der Waals surface area contributed by atoms with Crippen LogP contribution in [0, 0.1) is 17.8 Å². The Balaban J connectivity index is 1.51. The third-order valence-electron chi connectivity index (χ3n) is 10.3. The summed E-state index contributed by atoms with van der Waals surface area (Å²) < 4.78 is 12.7. The van der Waals surface area contributed by atoms with Crippen LogP contribution in [0.25, 0.3) is 10.8 Å². The zero-order chi connectivity index (χ0) is 32.2. The van der Waals surface area contributed by atoms with Crippen LogP contribution in [0.2, 0.25) is 0 Å². The largest absolute Gasteiger partial charge is 0.465 e. The molecule has 242 valence electrons. The number of anilines is 1. The van der Waals surface area contributed by atoms with E-state index in [1.54, 1.807) is 15.9 Å². The van der Waals surface area contributed by atoms with Crippen LogP contribution in [0.15, 0.2) is 67.8 Å². The number of nitrogens with zero attached hydrogens (tertiary/aromatic N) is 2. The first kappa shape index (κ1) is 32.9. The van der Waals surface area contributed by atoms with Crippen molar-refractivity contribution >= 4 is 34.2 Å². The monoisotopic (exact) mass is 616 g/mol. The number of fused-ring (bicyclic) bond motifs is 2. The minimum Gasteiger partial charge on any atom is -0.465 e. The van der Waals surface area contributed by atoms with E-state index < -0.39 is 35.0 Å². The van der Waals surface area contributed by atoms with Gasteiger partial charge in [-0.05, 0) is 74.3 Å². The molecule has 3 heterocycles. The minimum atomic E-state index is -1.14. The summed E-state index contributed by atoms with van der Waals surface area (Å²) >= 11 is 0. The van der Waals surface area contributed by atoms with Gasteiger partial charge in [-0.3, -0.25) is 14.4 Å². The molecular formula is C37H48N2O6. The lowest BCUT2D eigenvalue weighted by Gasteiger charge is -2.37. The molecule has 8 heteroatoms. The number of hydrogen-bond donors (Lipinski definition) is 1. The van der Waals surface area contributed by atoms with Crippen LogP contribution in [0.1, 0.15) is 65.2 Å². The SMILES string of the molecule is C=CCCCCOC(=O)[C@H]1[C@H]2C(=O)N(CCCCCCO)C(C(=O)N(CC=C)c3ccc4ccccc4c3)C23CC(C)[C@]1(C)O3. The van der Waals surface area contributed by atoms with E-state index in [-0.39, 0.29) is 37.5 Å². The van der Waals surface area contributed by atoms with Crippen LogP contribution in [0.5, 0.6) is 0 Å². The second-order valence-corrected chi connectivity index (χ2v) is 13.1. The molecule has 3 aliphatic heterocycles. The highest BCUT2D eigenvalue weighted by molar-refractivity contribution is 6.05. The first-order chi connectivity index (χ1) is 21.7. The van der Waals surface area contributed by atoms with Crippen molar-refractivity contribution in [1.82, 2.24) is 4.90 Å². The lowest BCUT2D eigenvalue weighted by atomic mass is 9.62. The highest BCUT2D eigenvalue weighted by Gasteiger charge is 2.80. The molecule has 2 bridgehead atoms. The summed E-state index contributed by atoms with van der Waals surface area (Å²) in [5, 5.41) is 11.3. The molecule has 0 aliphatic carbocycles. The number of unbranched alkanes of at least 4 members (excludes halogenated alkanes) is 5. The second-order valence-electron chi connectivity index (χ2n) is 13.1. The minimum absolute atomic E-state index is 0.0619. The third kappa shape index (κ3) is 5.95. The van der Waals surface area contributed by atoms with E-state index in [9.17, 15) is 19.5 Å². The van der Waals surface area contributed by atoms with Crippen molar-refractivity contribution in [2.24, 2.45) is 17.8 Å². The molecule has 6 atom stereocenters. The van der Waals surface area contributed by atoms with Crippen molar-refractivity contribution in [3.05, 3.63) is 67.8 Å². The van der Waals surface area contributed by atoms with E-state index in [1.165, 1.54) is 0 Å². The molecule has 3 saturated heterocycles. The average molecular weight is 617 g/mol. The number of likely N-dealkylation sites (tertiary alicyclic amines) is 1. The molecule has 2 aromatic carbocycles. The number of hydrogen-bond acceptors (Lipinski definition) is 6. The van der Waals surface area contributed by atoms with Crippen LogP contribution in [-0.2, 0) is 23.9 Å². The molecule has 0 aromatic heterocycles. The number of ether oxygens (including phenoxy) is 2. The van der Waals surface area contributed by atoms with Gasteiger partial charge in [0.05, 0.1) is 18.1 Å². The first-order valence-corrected chi connectivity index (χ1v) is 16.5. The van der Waals surface area contributed by atoms with Gasteiger partial charge in [-0.1, -0.05) is 62.2 Å². The number of carbonyl (C=O) groups excluding carboxylic acids is 3. The maximum Gasteiger partial charge on any atom is 0.312 e. The second kappa shape index (κ2) is 13.9. The molecule has 0 radical (unpaired) electrons. The van der Waals surface area contributed by atoms with Gasteiger partial charge in [-0.2, -0.15) is 0 Å². The quantitative estimate of drug-likeness (QED) is 0.145. The molecule has 1 spiro atoms. The molecule has 3 unspecified atom stereocenters. The first-order valence-electron chi connectivity index (χ1n) is 16.5. The number of carbonyl (C=O) groups is 3. The molecule has 3 aliphatic rings. The van der Waals surface area contributed by atoms with E-state index in [4.69, 9.17) is 9.47 Å². The van der Waals surface area contributed by atoms with Gasteiger partial charge in [-0.25, -0.2) is 0 Å². The summed E-state index contributed by atoms with van der Waals surface area (Å²) in [4.78, 5) is 46.5. The van der Waals surface area contributed by atoms with E-state index >= 15 is 0 Å². The maximum absolute atomic E-state index is 14.9. The fourth-order valence-electron chi connectivity index (χ4n) is 7.96. The highest BCUT2D eigenvalue weighted by Crippen LogP contribution is 2.65. The van der Waals surface area contributed by atoms with E-state index in [1.807, 2.05) is 62.4 Å². The van der Waals surface area contributed by atoms with E-state index in [2.05, 4.69) is 13.2 Å². The van der Waals surface area contributed by atoms with Crippen molar-refractivity contribution in [2.75, 3.05) is 31.2 Å². The number of aliphatic hydroxyl groups excluding tert-OH is 1. The number of benzene rings is 2. The van der Waals surface area contributed by atoms with Gasteiger partial charge in [-0.15, -0.1) is 13.2 Å². The Morgan fingerprint density at radius 1 is 1.07 bits per heavy atom. The third-order valence-corrected chi connectivity index (χ3v) is 10.3. The molecule has 0 saturated carbocycles. The number of rotatable bonds is 16. The molecule has 2 amide bonds. The van der Waals surface area contributed by atoms with Crippen molar-refractivity contribution in [3.8, 4) is 0 Å². The smallest absolute Gasteiger partial charge is 0.312 e. The molecular weight excluding hydrogens is 568 g/mol. The summed E-state index contributed by atoms with van der Waals surface area (Å²) in [6, 6.07) is 13.0. The summed E-state index contributed by atoms with van der Waals surface area (Å²) in [6.45, 7) is 12.7. The zero-order valence-corrected chi connectivity index (χ0v) is 26.8. The van der Waals surface area contributed by atoms with Crippen LogP contribution < -0.4 is 4.90 Å². The molecule has 5 rings (SSSR count). The fraction of sp³-hybridized carbons (Fsp3) is 0.541. The highest BCUT2D eigenvalue weighted by atomic mass is 16.6. The summed E-state index contributed by atoms with van der Waals surface area (Å²) in [6.07, 6.45) is 9.49. The fourth-order valence-corrected chi connectivity index (χ4v) is 7.96. The molecule has 3 fully saturated rings. The summed E-state index contributed by atoms with van der Waals surface area (Å²) in [5.41, 5.74) is -1.34. The van der Waals surface area contributed by atoms with Crippen molar-refractivity contribution < 1.29 is 29.0 Å². The predicted octanol–water partition coefficient (Wildman–Crippen LogP) is 5.82. The Morgan fingerprint density at radius 2 is 1.82 bits per heavy atom. The Bertz CT molecular complexity index is 1420. The number of aliphatic hydroxyl groups is 1. The number of esters is 1. The van der Waals surface area contributed by atoms with Crippen molar-refractivity contribution in [1.29, 1.82) is 0 Å². The average Bonchev–Trinajstić information content (AvgIpc) is 3.55. The Hall–Kier alpha value is -3.49. The molecule has 45 heavy (non-hydrogen) atoms.